The summed E-state index contributed by atoms with van der Waals surface area (Å²) >= 11 is 5.41. The third kappa shape index (κ3) is 3.39. The van der Waals surface area contributed by atoms with Crippen molar-refractivity contribution in [2.75, 3.05) is 10.5 Å². The molecule has 0 aliphatic heterocycles. The Hall–Kier alpha value is 0.180. The molecule has 1 aromatic rings. The zero-order valence-electron chi connectivity index (χ0n) is 7.42. The summed E-state index contributed by atoms with van der Waals surface area (Å²) in [6, 6.07) is 5.49. The van der Waals surface area contributed by atoms with Crippen LogP contribution in [0.25, 0.3) is 0 Å². The van der Waals surface area contributed by atoms with Crippen LogP contribution in [0.5, 0.6) is 0 Å². The summed E-state index contributed by atoms with van der Waals surface area (Å²) in [7, 11) is -3.20. The molecule has 0 amide bonds. The van der Waals surface area contributed by atoms with Crippen LogP contribution in [0.4, 0.5) is 5.69 Å². The average molecular weight is 390 g/mol. The quantitative estimate of drug-likeness (QED) is 0.808. The van der Waals surface area contributed by atoms with Crippen LogP contribution in [0.2, 0.25) is 0 Å². The normalized spacial score (nSPS) is 11.4. The molecule has 78 valence electrons. The Bertz CT molecular complexity index is 433. The molecule has 0 atom stereocenters. The summed E-state index contributed by atoms with van der Waals surface area (Å²) in [6.45, 7) is 1.60. The average Bonchev–Trinajstić information content (AvgIpc) is 2.11. The maximum atomic E-state index is 11.3. The first-order chi connectivity index (χ1) is 6.44. The standard InChI is InChI=1S/C8H9BrINO2S/c1-2-14(12,13)11-8-5-6(10)3-4-7(8)9/h3-5,11H,2H2,1H3. The molecular formula is C8H9BrINO2S. The lowest BCUT2D eigenvalue weighted by Crippen LogP contribution is -2.14. The first-order valence-corrected chi connectivity index (χ1v) is 7.42. The Kier molecular flexibility index (Phi) is 4.20. The molecule has 14 heavy (non-hydrogen) atoms. The van der Waals surface area contributed by atoms with E-state index < -0.39 is 10.0 Å². The highest BCUT2D eigenvalue weighted by Crippen LogP contribution is 2.25. The minimum Gasteiger partial charge on any atom is -0.282 e. The van der Waals surface area contributed by atoms with E-state index in [2.05, 4.69) is 43.2 Å². The topological polar surface area (TPSA) is 46.2 Å². The third-order valence-corrected chi connectivity index (χ3v) is 4.23. The van der Waals surface area contributed by atoms with E-state index in [-0.39, 0.29) is 5.75 Å². The van der Waals surface area contributed by atoms with Gasteiger partial charge in [0.25, 0.3) is 0 Å². The van der Waals surface area contributed by atoms with E-state index in [9.17, 15) is 8.42 Å². The van der Waals surface area contributed by atoms with Crippen molar-refractivity contribution >= 4 is 54.2 Å². The first-order valence-electron chi connectivity index (χ1n) is 3.90. The van der Waals surface area contributed by atoms with Gasteiger partial charge in [-0.05, 0) is 63.6 Å². The van der Waals surface area contributed by atoms with E-state index in [1.54, 1.807) is 13.0 Å². The lowest BCUT2D eigenvalue weighted by Gasteiger charge is -2.08. The van der Waals surface area contributed by atoms with Gasteiger partial charge in [0.15, 0.2) is 0 Å². The molecule has 0 unspecified atom stereocenters. The second kappa shape index (κ2) is 4.80. The molecule has 0 heterocycles. The zero-order valence-corrected chi connectivity index (χ0v) is 12.0. The van der Waals surface area contributed by atoms with E-state index >= 15 is 0 Å². The van der Waals surface area contributed by atoms with Gasteiger partial charge in [-0.15, -0.1) is 0 Å². The number of anilines is 1. The van der Waals surface area contributed by atoms with E-state index in [0.717, 1.165) is 8.04 Å². The minimum absolute atomic E-state index is 0.0743. The van der Waals surface area contributed by atoms with Crippen LogP contribution in [0, 0.1) is 3.57 Å². The summed E-state index contributed by atoms with van der Waals surface area (Å²) in [5, 5.41) is 0. The maximum absolute atomic E-state index is 11.3. The SMILES string of the molecule is CCS(=O)(=O)Nc1cc(I)ccc1Br. The van der Waals surface area contributed by atoms with E-state index in [4.69, 9.17) is 0 Å². The fourth-order valence-corrected chi connectivity index (χ4v) is 2.43. The van der Waals surface area contributed by atoms with Gasteiger partial charge >= 0.3 is 0 Å². The van der Waals surface area contributed by atoms with Crippen LogP contribution in [-0.2, 0) is 10.0 Å². The Balaban J connectivity index is 3.03. The predicted molar refractivity (Wildman–Crippen MR) is 69.9 cm³/mol. The molecule has 0 radical (unpaired) electrons. The Labute approximate surface area is 106 Å². The largest absolute Gasteiger partial charge is 0.282 e. The number of hydrogen-bond acceptors (Lipinski definition) is 2. The Morgan fingerprint density at radius 2 is 2.14 bits per heavy atom. The van der Waals surface area contributed by atoms with Crippen molar-refractivity contribution < 1.29 is 8.42 Å². The molecule has 0 saturated heterocycles. The van der Waals surface area contributed by atoms with Crippen LogP contribution >= 0.6 is 38.5 Å². The van der Waals surface area contributed by atoms with E-state index in [1.807, 2.05) is 12.1 Å². The minimum atomic E-state index is -3.20. The molecule has 3 nitrogen and oxygen atoms in total. The first kappa shape index (κ1) is 12.3. The Morgan fingerprint density at radius 3 is 2.71 bits per heavy atom. The number of rotatable bonds is 3. The van der Waals surface area contributed by atoms with Crippen molar-refractivity contribution in [1.29, 1.82) is 0 Å². The molecule has 1 N–H and O–H groups in total. The van der Waals surface area contributed by atoms with Crippen molar-refractivity contribution in [3.05, 3.63) is 26.2 Å². The Morgan fingerprint density at radius 1 is 1.50 bits per heavy atom. The van der Waals surface area contributed by atoms with Crippen molar-refractivity contribution in [2.45, 2.75) is 6.92 Å². The number of nitrogens with one attached hydrogen (secondary N) is 1. The number of benzene rings is 1. The lowest BCUT2D eigenvalue weighted by atomic mass is 10.3. The third-order valence-electron chi connectivity index (χ3n) is 1.57. The smallest absolute Gasteiger partial charge is 0.232 e. The van der Waals surface area contributed by atoms with E-state index in [0.29, 0.717) is 5.69 Å². The van der Waals surface area contributed by atoms with E-state index in [1.165, 1.54) is 0 Å². The van der Waals surface area contributed by atoms with Crippen molar-refractivity contribution in [3.63, 3.8) is 0 Å². The van der Waals surface area contributed by atoms with Crippen molar-refractivity contribution in [2.24, 2.45) is 0 Å². The van der Waals surface area contributed by atoms with Crippen LogP contribution < -0.4 is 4.72 Å². The lowest BCUT2D eigenvalue weighted by molar-refractivity contribution is 0.602. The molecular weight excluding hydrogens is 381 g/mol. The van der Waals surface area contributed by atoms with Gasteiger partial charge in [-0.25, -0.2) is 8.42 Å². The highest BCUT2D eigenvalue weighted by atomic mass is 127. The van der Waals surface area contributed by atoms with Gasteiger partial charge in [0.05, 0.1) is 11.4 Å². The molecule has 0 aliphatic carbocycles. The summed E-state index contributed by atoms with van der Waals surface area (Å²) in [5.41, 5.74) is 0.582. The van der Waals surface area contributed by atoms with Crippen LogP contribution in [0.1, 0.15) is 6.92 Å². The molecule has 0 fully saturated rings. The molecule has 0 bridgehead atoms. The van der Waals surface area contributed by atoms with Gasteiger partial charge < -0.3 is 0 Å². The summed E-state index contributed by atoms with van der Waals surface area (Å²) in [4.78, 5) is 0. The fraction of sp³-hybridized carbons (Fsp3) is 0.250. The van der Waals surface area contributed by atoms with Gasteiger partial charge in [0.2, 0.25) is 10.0 Å². The molecule has 0 saturated carbocycles. The van der Waals surface area contributed by atoms with Gasteiger partial charge in [-0.1, -0.05) is 0 Å². The second-order valence-corrected chi connectivity index (χ2v) is 6.74. The number of halogens is 2. The monoisotopic (exact) mass is 389 g/mol. The summed E-state index contributed by atoms with van der Waals surface area (Å²) in [5.74, 6) is 0.0743. The number of hydrogen-bond donors (Lipinski definition) is 1. The van der Waals surface area contributed by atoms with Crippen molar-refractivity contribution in [1.82, 2.24) is 0 Å². The summed E-state index contributed by atoms with van der Waals surface area (Å²) in [6.07, 6.45) is 0. The summed E-state index contributed by atoms with van der Waals surface area (Å²) < 4.78 is 26.8. The predicted octanol–water partition coefficient (Wildman–Crippen LogP) is 2.82. The van der Waals surface area contributed by atoms with Crippen LogP contribution in [0.3, 0.4) is 0 Å². The number of sulfonamides is 1. The molecule has 0 aliphatic rings. The van der Waals surface area contributed by atoms with Crippen LogP contribution in [0.15, 0.2) is 22.7 Å². The van der Waals surface area contributed by atoms with Crippen LogP contribution in [-0.4, -0.2) is 14.2 Å². The molecule has 1 aromatic carbocycles. The molecule has 1 rings (SSSR count). The van der Waals surface area contributed by atoms with Gasteiger partial charge in [-0.2, -0.15) is 0 Å². The second-order valence-electron chi connectivity index (χ2n) is 2.63. The zero-order chi connectivity index (χ0) is 10.8. The maximum Gasteiger partial charge on any atom is 0.232 e. The van der Waals surface area contributed by atoms with Gasteiger partial charge in [0.1, 0.15) is 0 Å². The highest BCUT2D eigenvalue weighted by molar-refractivity contribution is 14.1. The van der Waals surface area contributed by atoms with Crippen molar-refractivity contribution in [3.8, 4) is 0 Å². The van der Waals surface area contributed by atoms with Gasteiger partial charge in [0, 0.05) is 8.04 Å². The molecule has 0 spiro atoms. The fourth-order valence-electron chi connectivity index (χ4n) is 0.815. The van der Waals surface area contributed by atoms with Gasteiger partial charge in [-0.3, -0.25) is 4.72 Å². The molecule has 0 aromatic heterocycles. The molecule has 6 heteroatoms. The highest BCUT2D eigenvalue weighted by Gasteiger charge is 2.09.